The van der Waals surface area contributed by atoms with Crippen LogP contribution in [0.3, 0.4) is 0 Å². The molecule has 0 saturated heterocycles. The van der Waals surface area contributed by atoms with Gasteiger partial charge in [-0.2, -0.15) is 0 Å². The second-order valence-corrected chi connectivity index (χ2v) is 6.51. The van der Waals surface area contributed by atoms with Gasteiger partial charge >= 0.3 is 0 Å². The average molecular weight is 250 g/mol. The molecule has 1 heterocycles. The van der Waals surface area contributed by atoms with Crippen molar-refractivity contribution in [3.05, 3.63) is 16.1 Å². The van der Waals surface area contributed by atoms with Gasteiger partial charge in [-0.3, -0.25) is 4.90 Å². The first kappa shape index (κ1) is 11.7. The Hall–Kier alpha value is -0.410. The van der Waals surface area contributed by atoms with Gasteiger partial charge in [0.2, 0.25) is 0 Å². The van der Waals surface area contributed by atoms with Gasteiger partial charge in [0.15, 0.2) is 0 Å². The third-order valence-electron chi connectivity index (χ3n) is 4.09. The molecule has 1 aromatic heterocycles. The van der Waals surface area contributed by atoms with E-state index in [4.69, 9.17) is 4.98 Å². The van der Waals surface area contributed by atoms with Crippen LogP contribution in [-0.2, 0) is 13.0 Å². The zero-order valence-electron chi connectivity index (χ0n) is 10.9. The Bertz CT molecular complexity index is 379. The fourth-order valence-corrected chi connectivity index (χ4v) is 3.37. The maximum Gasteiger partial charge on any atom is 0.0926 e. The number of aromatic nitrogens is 1. The van der Waals surface area contributed by atoms with E-state index in [1.165, 1.54) is 36.4 Å². The molecule has 17 heavy (non-hydrogen) atoms. The summed E-state index contributed by atoms with van der Waals surface area (Å²) in [6.07, 6.45) is 6.78. The number of hydrogen-bond acceptors (Lipinski definition) is 3. The van der Waals surface area contributed by atoms with E-state index < -0.39 is 0 Å². The van der Waals surface area contributed by atoms with Gasteiger partial charge < -0.3 is 0 Å². The summed E-state index contributed by atoms with van der Waals surface area (Å²) in [6.45, 7) is 5.69. The van der Waals surface area contributed by atoms with Crippen LogP contribution in [0.15, 0.2) is 5.38 Å². The molecule has 3 heteroatoms. The minimum atomic E-state index is 0.772. The Labute approximate surface area is 108 Å². The predicted octanol–water partition coefficient (Wildman–Crippen LogP) is 3.47. The first-order valence-electron chi connectivity index (χ1n) is 6.97. The van der Waals surface area contributed by atoms with Gasteiger partial charge in [-0.15, -0.1) is 11.3 Å². The molecule has 0 unspecified atom stereocenters. The third kappa shape index (κ3) is 2.71. The van der Waals surface area contributed by atoms with Gasteiger partial charge in [0.25, 0.3) is 0 Å². The highest BCUT2D eigenvalue weighted by molar-refractivity contribution is 7.09. The van der Waals surface area contributed by atoms with Crippen LogP contribution in [0.4, 0.5) is 0 Å². The molecule has 2 saturated carbocycles. The van der Waals surface area contributed by atoms with E-state index in [9.17, 15) is 0 Å². The topological polar surface area (TPSA) is 16.1 Å². The highest BCUT2D eigenvalue weighted by Crippen LogP contribution is 2.40. The van der Waals surface area contributed by atoms with Crippen molar-refractivity contribution in [2.24, 2.45) is 5.92 Å². The van der Waals surface area contributed by atoms with E-state index in [1.807, 2.05) is 11.3 Å². The first-order valence-corrected chi connectivity index (χ1v) is 7.85. The molecule has 0 bridgehead atoms. The highest BCUT2D eigenvalue weighted by atomic mass is 32.1. The average Bonchev–Trinajstić information content (AvgIpc) is 3.22. The molecule has 0 aliphatic heterocycles. The smallest absolute Gasteiger partial charge is 0.0926 e. The summed E-state index contributed by atoms with van der Waals surface area (Å²) < 4.78 is 0. The SMILES string of the molecule is CCc1nc(CN(C2CC2)[C@@H](C)C2CC2)cs1. The van der Waals surface area contributed by atoms with Gasteiger partial charge in [-0.25, -0.2) is 4.98 Å². The van der Waals surface area contributed by atoms with Crippen molar-refractivity contribution in [3.8, 4) is 0 Å². The summed E-state index contributed by atoms with van der Waals surface area (Å²) in [7, 11) is 0. The fourth-order valence-electron chi connectivity index (χ4n) is 2.63. The van der Waals surface area contributed by atoms with E-state index in [2.05, 4.69) is 24.1 Å². The molecule has 2 aliphatic rings. The molecule has 2 aliphatic carbocycles. The largest absolute Gasteiger partial charge is 0.292 e. The van der Waals surface area contributed by atoms with Gasteiger partial charge in [0.1, 0.15) is 0 Å². The normalized spacial score (nSPS) is 22.1. The molecule has 0 radical (unpaired) electrons. The molecular formula is C14H22N2S. The number of rotatable bonds is 6. The summed E-state index contributed by atoms with van der Waals surface area (Å²) >= 11 is 1.82. The first-order chi connectivity index (χ1) is 8.28. The van der Waals surface area contributed by atoms with Gasteiger partial charge in [-0.05, 0) is 44.9 Å². The molecule has 94 valence electrons. The minimum Gasteiger partial charge on any atom is -0.292 e. The van der Waals surface area contributed by atoms with Crippen LogP contribution in [0.1, 0.15) is 50.2 Å². The van der Waals surface area contributed by atoms with Crippen LogP contribution >= 0.6 is 11.3 Å². The maximum atomic E-state index is 4.72. The molecule has 0 aromatic carbocycles. The summed E-state index contributed by atoms with van der Waals surface area (Å²) in [5.74, 6) is 0.972. The molecule has 2 nitrogen and oxygen atoms in total. The summed E-state index contributed by atoms with van der Waals surface area (Å²) in [5, 5.41) is 3.54. The Balaban J connectivity index is 1.66. The van der Waals surface area contributed by atoms with Crippen LogP contribution in [0.25, 0.3) is 0 Å². The number of thiazole rings is 1. The van der Waals surface area contributed by atoms with Crippen molar-refractivity contribution in [2.45, 2.75) is 64.6 Å². The van der Waals surface area contributed by atoms with E-state index in [0.717, 1.165) is 31.0 Å². The molecule has 1 atom stereocenters. The van der Waals surface area contributed by atoms with E-state index >= 15 is 0 Å². The lowest BCUT2D eigenvalue weighted by molar-refractivity contribution is 0.169. The van der Waals surface area contributed by atoms with Crippen LogP contribution in [0.2, 0.25) is 0 Å². The van der Waals surface area contributed by atoms with Crippen molar-refractivity contribution in [1.29, 1.82) is 0 Å². The number of hydrogen-bond donors (Lipinski definition) is 0. The molecule has 0 spiro atoms. The Kier molecular flexibility index (Phi) is 3.22. The fraction of sp³-hybridized carbons (Fsp3) is 0.786. The van der Waals surface area contributed by atoms with Crippen LogP contribution < -0.4 is 0 Å². The van der Waals surface area contributed by atoms with Crippen molar-refractivity contribution >= 4 is 11.3 Å². The van der Waals surface area contributed by atoms with E-state index in [-0.39, 0.29) is 0 Å². The van der Waals surface area contributed by atoms with Crippen molar-refractivity contribution in [2.75, 3.05) is 0 Å². The lowest BCUT2D eigenvalue weighted by Gasteiger charge is -2.28. The number of aryl methyl sites for hydroxylation is 1. The zero-order chi connectivity index (χ0) is 11.8. The monoisotopic (exact) mass is 250 g/mol. The van der Waals surface area contributed by atoms with E-state index in [0.29, 0.717) is 0 Å². The molecule has 1 aromatic rings. The minimum absolute atomic E-state index is 0.772. The lowest BCUT2D eigenvalue weighted by atomic mass is 10.1. The van der Waals surface area contributed by atoms with Crippen LogP contribution in [-0.4, -0.2) is 22.0 Å². The zero-order valence-corrected chi connectivity index (χ0v) is 11.7. The van der Waals surface area contributed by atoms with Crippen molar-refractivity contribution in [3.63, 3.8) is 0 Å². The number of nitrogens with zero attached hydrogens (tertiary/aromatic N) is 2. The standard InChI is InChI=1S/C14H22N2S/c1-3-14-15-12(9-17-14)8-16(13-6-7-13)10(2)11-4-5-11/h9-11,13H,3-8H2,1-2H3/t10-/m0/s1. The van der Waals surface area contributed by atoms with Crippen LogP contribution in [0.5, 0.6) is 0 Å². The summed E-state index contributed by atoms with van der Waals surface area (Å²) in [4.78, 5) is 7.43. The van der Waals surface area contributed by atoms with Crippen LogP contribution in [0, 0.1) is 5.92 Å². The summed E-state index contributed by atoms with van der Waals surface area (Å²) in [5.41, 5.74) is 1.30. The molecular weight excluding hydrogens is 228 g/mol. The second-order valence-electron chi connectivity index (χ2n) is 5.57. The molecule has 0 N–H and O–H groups in total. The second kappa shape index (κ2) is 4.69. The highest BCUT2D eigenvalue weighted by Gasteiger charge is 2.39. The van der Waals surface area contributed by atoms with E-state index in [1.54, 1.807) is 0 Å². The van der Waals surface area contributed by atoms with Gasteiger partial charge in [0, 0.05) is 24.0 Å². The Morgan fingerprint density at radius 3 is 2.71 bits per heavy atom. The summed E-state index contributed by atoms with van der Waals surface area (Å²) in [6, 6.07) is 1.63. The maximum absolute atomic E-state index is 4.72. The van der Waals surface area contributed by atoms with Gasteiger partial charge in [-0.1, -0.05) is 6.92 Å². The molecule has 0 amide bonds. The Morgan fingerprint density at radius 1 is 1.41 bits per heavy atom. The van der Waals surface area contributed by atoms with Crippen molar-refractivity contribution in [1.82, 2.24) is 9.88 Å². The third-order valence-corrected chi connectivity index (χ3v) is 5.13. The quantitative estimate of drug-likeness (QED) is 0.768. The molecule has 3 rings (SSSR count). The van der Waals surface area contributed by atoms with Gasteiger partial charge in [0.05, 0.1) is 10.7 Å². The lowest BCUT2D eigenvalue weighted by Crippen LogP contribution is -2.36. The molecule has 2 fully saturated rings. The Morgan fingerprint density at radius 2 is 2.18 bits per heavy atom. The predicted molar refractivity (Wildman–Crippen MR) is 72.2 cm³/mol. The van der Waals surface area contributed by atoms with Crippen molar-refractivity contribution < 1.29 is 0 Å².